The fraction of sp³-hybridized carbons (Fsp3) is 0.800. The Morgan fingerprint density at radius 2 is 2.31 bits per heavy atom. The lowest BCUT2D eigenvalue weighted by molar-refractivity contribution is 0.196. The molecule has 13 heavy (non-hydrogen) atoms. The monoisotopic (exact) mass is 249 g/mol. The first-order valence-corrected chi connectivity index (χ1v) is 5.63. The Hall–Kier alpha value is 0.110. The summed E-state index contributed by atoms with van der Waals surface area (Å²) in [5, 5.41) is 0. The van der Waals surface area contributed by atoms with Crippen molar-refractivity contribution in [3.8, 4) is 0 Å². The molecule has 3 heteroatoms. The summed E-state index contributed by atoms with van der Waals surface area (Å²) >= 11 is 3.52. The molecule has 1 rings (SSSR count). The maximum atomic E-state index is 13.1. The van der Waals surface area contributed by atoms with Crippen molar-refractivity contribution in [2.24, 2.45) is 0 Å². The maximum absolute atomic E-state index is 13.1. The molecule has 1 atom stereocenters. The van der Waals surface area contributed by atoms with Gasteiger partial charge in [0.2, 0.25) is 0 Å². The molecule has 0 aromatic rings. The van der Waals surface area contributed by atoms with E-state index in [0.717, 1.165) is 19.5 Å². The third-order valence-corrected chi connectivity index (χ3v) is 3.46. The quantitative estimate of drug-likeness (QED) is 0.743. The zero-order chi connectivity index (χ0) is 9.84. The van der Waals surface area contributed by atoms with E-state index in [1.54, 1.807) is 0 Å². The molecular weight excluding hydrogens is 233 g/mol. The highest BCUT2D eigenvalue weighted by Crippen LogP contribution is 2.22. The van der Waals surface area contributed by atoms with Crippen molar-refractivity contribution < 1.29 is 4.39 Å². The van der Waals surface area contributed by atoms with Crippen molar-refractivity contribution >= 4 is 15.9 Å². The van der Waals surface area contributed by atoms with Crippen LogP contribution in [-0.4, -0.2) is 30.7 Å². The topological polar surface area (TPSA) is 3.24 Å². The Kier molecular flexibility index (Phi) is 4.39. The molecule has 76 valence electrons. The van der Waals surface area contributed by atoms with Crippen LogP contribution in [0.1, 0.15) is 26.7 Å². The lowest BCUT2D eigenvalue weighted by Gasteiger charge is -2.28. The molecule has 0 aromatic carbocycles. The highest BCUT2D eigenvalue weighted by atomic mass is 79.9. The van der Waals surface area contributed by atoms with Gasteiger partial charge in [-0.25, -0.2) is 4.39 Å². The Labute approximate surface area is 88.1 Å². The van der Waals surface area contributed by atoms with Crippen molar-refractivity contribution in [1.29, 1.82) is 0 Å². The Balaban J connectivity index is 2.40. The zero-order valence-electron chi connectivity index (χ0n) is 8.32. The normalized spacial score (nSPS) is 22.2. The highest BCUT2D eigenvalue weighted by molar-refractivity contribution is 9.11. The minimum absolute atomic E-state index is 0.582. The molecule has 1 aliphatic rings. The molecule has 0 saturated heterocycles. The molecule has 0 amide bonds. The summed E-state index contributed by atoms with van der Waals surface area (Å²) in [7, 11) is 0. The lowest BCUT2D eigenvalue weighted by atomic mass is 10.1. The van der Waals surface area contributed by atoms with Gasteiger partial charge in [0.05, 0.1) is 0 Å². The minimum Gasteiger partial charge on any atom is -0.295 e. The molecule has 1 aliphatic heterocycles. The second-order valence-corrected chi connectivity index (χ2v) is 4.63. The molecule has 0 bridgehead atoms. The molecule has 0 N–H and O–H groups in total. The van der Waals surface area contributed by atoms with Crippen LogP contribution in [0, 0.1) is 0 Å². The van der Waals surface area contributed by atoms with Crippen LogP contribution in [0.25, 0.3) is 0 Å². The molecular formula is C10H17BrFN. The third kappa shape index (κ3) is 3.39. The van der Waals surface area contributed by atoms with Crippen LogP contribution in [0.5, 0.6) is 0 Å². The van der Waals surface area contributed by atoms with Crippen molar-refractivity contribution in [3.63, 3.8) is 0 Å². The highest BCUT2D eigenvalue weighted by Gasteiger charge is 2.17. The summed E-state index contributed by atoms with van der Waals surface area (Å²) in [6, 6.07) is 0. The van der Waals surface area contributed by atoms with E-state index in [1.807, 2.05) is 6.92 Å². The number of nitrogens with zero attached hydrogens (tertiary/aromatic N) is 1. The molecule has 1 unspecified atom stereocenters. The van der Waals surface area contributed by atoms with E-state index < -0.39 is 6.17 Å². The van der Waals surface area contributed by atoms with E-state index in [1.165, 1.54) is 10.1 Å². The molecule has 0 saturated carbocycles. The molecule has 0 radical (unpaired) electrons. The first-order chi connectivity index (χ1) is 6.13. The van der Waals surface area contributed by atoms with Gasteiger partial charge in [0.15, 0.2) is 0 Å². The average molecular weight is 250 g/mol. The van der Waals surface area contributed by atoms with Crippen LogP contribution >= 0.6 is 15.9 Å². The van der Waals surface area contributed by atoms with Crippen molar-refractivity contribution in [2.45, 2.75) is 32.9 Å². The molecule has 0 aromatic heterocycles. The maximum Gasteiger partial charge on any atom is 0.112 e. The van der Waals surface area contributed by atoms with Gasteiger partial charge in [-0.15, -0.1) is 0 Å². The number of alkyl halides is 1. The Morgan fingerprint density at radius 3 is 2.85 bits per heavy atom. The predicted molar refractivity (Wildman–Crippen MR) is 57.9 cm³/mol. The second kappa shape index (κ2) is 5.11. The van der Waals surface area contributed by atoms with Gasteiger partial charge in [0.1, 0.15) is 6.17 Å². The fourth-order valence-electron chi connectivity index (χ4n) is 1.44. The van der Waals surface area contributed by atoms with Crippen LogP contribution in [-0.2, 0) is 0 Å². The van der Waals surface area contributed by atoms with E-state index in [4.69, 9.17) is 0 Å². The van der Waals surface area contributed by atoms with Crippen LogP contribution in [0.3, 0.4) is 0 Å². The third-order valence-electron chi connectivity index (χ3n) is 2.53. The Bertz CT molecular complexity index is 203. The van der Waals surface area contributed by atoms with E-state index in [-0.39, 0.29) is 0 Å². The zero-order valence-corrected chi connectivity index (χ0v) is 9.90. The number of hydrogen-bond acceptors (Lipinski definition) is 1. The van der Waals surface area contributed by atoms with Gasteiger partial charge in [-0.1, -0.05) is 28.4 Å². The first-order valence-electron chi connectivity index (χ1n) is 4.84. The van der Waals surface area contributed by atoms with Crippen molar-refractivity contribution in [2.75, 3.05) is 19.6 Å². The van der Waals surface area contributed by atoms with E-state index >= 15 is 0 Å². The minimum atomic E-state index is -0.668. The van der Waals surface area contributed by atoms with E-state index in [0.29, 0.717) is 13.0 Å². The standard InChI is InChI=1S/C10H17BrFN/c1-3-9(12)6-13-5-4-8(2)10(11)7-13/h9H,3-7H2,1-2H3. The SMILES string of the molecule is CCC(F)CN1CCC(C)=C(Br)C1. The molecule has 0 aliphatic carbocycles. The van der Waals surface area contributed by atoms with E-state index in [2.05, 4.69) is 27.8 Å². The molecule has 1 nitrogen and oxygen atoms in total. The largest absolute Gasteiger partial charge is 0.295 e. The summed E-state index contributed by atoms with van der Waals surface area (Å²) < 4.78 is 14.3. The van der Waals surface area contributed by atoms with Gasteiger partial charge in [-0.05, 0) is 19.8 Å². The summed E-state index contributed by atoms with van der Waals surface area (Å²) in [4.78, 5) is 2.17. The van der Waals surface area contributed by atoms with Crippen LogP contribution in [0.2, 0.25) is 0 Å². The van der Waals surface area contributed by atoms with Gasteiger partial charge in [-0.2, -0.15) is 0 Å². The average Bonchev–Trinajstić information content (AvgIpc) is 2.11. The summed E-state index contributed by atoms with van der Waals surface area (Å²) in [5.41, 5.74) is 1.41. The predicted octanol–water partition coefficient (Wildman–Crippen LogP) is 3.11. The summed E-state index contributed by atoms with van der Waals surface area (Å²) in [5.74, 6) is 0. The smallest absolute Gasteiger partial charge is 0.112 e. The van der Waals surface area contributed by atoms with Crippen LogP contribution in [0.15, 0.2) is 10.1 Å². The lowest BCUT2D eigenvalue weighted by Crippen LogP contribution is -2.35. The van der Waals surface area contributed by atoms with E-state index in [9.17, 15) is 4.39 Å². The fourth-order valence-corrected chi connectivity index (χ4v) is 1.99. The Morgan fingerprint density at radius 1 is 1.62 bits per heavy atom. The summed E-state index contributed by atoms with van der Waals surface area (Å²) in [6.07, 6.45) is 1.02. The van der Waals surface area contributed by atoms with Crippen LogP contribution in [0.4, 0.5) is 4.39 Å². The first kappa shape index (κ1) is 11.2. The number of rotatable bonds is 3. The van der Waals surface area contributed by atoms with Crippen molar-refractivity contribution in [1.82, 2.24) is 4.90 Å². The molecule has 0 spiro atoms. The van der Waals surface area contributed by atoms with Crippen molar-refractivity contribution in [3.05, 3.63) is 10.1 Å². The van der Waals surface area contributed by atoms with Gasteiger partial charge >= 0.3 is 0 Å². The molecule has 1 heterocycles. The number of hydrogen-bond donors (Lipinski definition) is 0. The van der Waals surface area contributed by atoms with Gasteiger partial charge in [0, 0.05) is 24.1 Å². The van der Waals surface area contributed by atoms with Gasteiger partial charge in [0.25, 0.3) is 0 Å². The second-order valence-electron chi connectivity index (χ2n) is 3.68. The van der Waals surface area contributed by atoms with Gasteiger partial charge < -0.3 is 0 Å². The molecule has 0 fully saturated rings. The summed E-state index contributed by atoms with van der Waals surface area (Å²) in [6.45, 7) is 6.49. The van der Waals surface area contributed by atoms with Gasteiger partial charge in [-0.3, -0.25) is 4.90 Å². The van der Waals surface area contributed by atoms with Crippen LogP contribution < -0.4 is 0 Å². The number of halogens is 2.